The maximum absolute atomic E-state index is 12.6. The summed E-state index contributed by atoms with van der Waals surface area (Å²) in [6, 6.07) is 8.93. The van der Waals surface area contributed by atoms with Gasteiger partial charge in [0, 0.05) is 50.9 Å². The molecule has 28 heavy (non-hydrogen) atoms. The monoisotopic (exact) mass is 381 g/mol. The molecule has 1 unspecified atom stereocenters. The highest BCUT2D eigenvalue weighted by Crippen LogP contribution is 2.28. The van der Waals surface area contributed by atoms with E-state index in [2.05, 4.69) is 20.2 Å². The van der Waals surface area contributed by atoms with Crippen molar-refractivity contribution in [2.45, 2.75) is 13.3 Å². The van der Waals surface area contributed by atoms with Crippen LogP contribution in [0.25, 0.3) is 11.4 Å². The number of hydrogen-bond acceptors (Lipinski definition) is 6. The van der Waals surface area contributed by atoms with E-state index >= 15 is 0 Å². The third-order valence-corrected chi connectivity index (χ3v) is 5.23. The van der Waals surface area contributed by atoms with Crippen LogP contribution in [0.2, 0.25) is 0 Å². The van der Waals surface area contributed by atoms with Gasteiger partial charge >= 0.3 is 0 Å². The lowest BCUT2D eigenvalue weighted by atomic mass is 10.1. The van der Waals surface area contributed by atoms with E-state index in [-0.39, 0.29) is 29.9 Å². The molecule has 146 valence electrons. The van der Waals surface area contributed by atoms with Crippen molar-refractivity contribution in [1.29, 1.82) is 0 Å². The van der Waals surface area contributed by atoms with Crippen LogP contribution in [-0.2, 0) is 9.59 Å². The number of amides is 2. The first-order chi connectivity index (χ1) is 13.5. The molecule has 2 aliphatic rings. The van der Waals surface area contributed by atoms with Crippen LogP contribution in [0.4, 0.5) is 5.82 Å². The fourth-order valence-corrected chi connectivity index (χ4v) is 3.69. The Bertz CT molecular complexity index is 908. The smallest absolute Gasteiger partial charge is 0.228 e. The fraction of sp³-hybridized carbons (Fsp3) is 0.400. The fourth-order valence-electron chi connectivity index (χ4n) is 3.69. The molecule has 1 aromatic heterocycles. The molecule has 8 nitrogen and oxygen atoms in total. The summed E-state index contributed by atoms with van der Waals surface area (Å²) in [5.74, 6) is 1.18. The summed E-state index contributed by atoms with van der Waals surface area (Å²) in [6.07, 6.45) is 0.286. The number of piperazine rings is 1. The Morgan fingerprint density at radius 1 is 1.18 bits per heavy atom. The van der Waals surface area contributed by atoms with Crippen molar-refractivity contribution < 1.29 is 14.7 Å². The summed E-state index contributed by atoms with van der Waals surface area (Å²) >= 11 is 0. The molecule has 2 amide bonds. The molecule has 0 radical (unpaired) electrons. The first-order valence-corrected chi connectivity index (χ1v) is 9.46. The quantitative estimate of drug-likeness (QED) is 0.821. The predicted molar refractivity (Wildman–Crippen MR) is 104 cm³/mol. The molecule has 1 aromatic carbocycles. The van der Waals surface area contributed by atoms with E-state index < -0.39 is 0 Å². The summed E-state index contributed by atoms with van der Waals surface area (Å²) < 4.78 is 0. The van der Waals surface area contributed by atoms with Crippen LogP contribution < -0.4 is 10.2 Å². The van der Waals surface area contributed by atoms with Gasteiger partial charge in [-0.05, 0) is 19.1 Å². The number of nitrogens with one attached hydrogen (secondary N) is 1. The Labute approximate surface area is 163 Å². The zero-order valence-electron chi connectivity index (χ0n) is 15.8. The van der Waals surface area contributed by atoms with E-state index in [0.29, 0.717) is 44.1 Å². The number of phenolic OH excluding ortho intramolecular Hbond substituents is 1. The summed E-state index contributed by atoms with van der Waals surface area (Å²) in [4.78, 5) is 37.0. The van der Waals surface area contributed by atoms with Gasteiger partial charge in [0.1, 0.15) is 11.6 Å². The van der Waals surface area contributed by atoms with Crippen LogP contribution in [0.3, 0.4) is 0 Å². The summed E-state index contributed by atoms with van der Waals surface area (Å²) in [5, 5.41) is 12.8. The number of para-hydroxylation sites is 1. The Balaban J connectivity index is 1.47. The molecule has 8 heteroatoms. The number of aromatic nitrogens is 2. The normalized spacial score (nSPS) is 19.6. The first-order valence-electron chi connectivity index (χ1n) is 9.46. The SMILES string of the molecule is Cc1cc(N2CCN(C(=O)C3CNC(=O)C3)CC2)nc(-c2ccccc2O)n1. The van der Waals surface area contributed by atoms with Crippen LogP contribution in [0.1, 0.15) is 12.1 Å². The number of carbonyl (C=O) groups is 2. The minimum Gasteiger partial charge on any atom is -0.507 e. The second kappa shape index (κ2) is 7.46. The van der Waals surface area contributed by atoms with Gasteiger partial charge in [0.15, 0.2) is 5.82 Å². The summed E-state index contributed by atoms with van der Waals surface area (Å²) in [7, 11) is 0. The van der Waals surface area contributed by atoms with E-state index in [1.807, 2.05) is 24.0 Å². The number of hydrogen-bond donors (Lipinski definition) is 2. The highest BCUT2D eigenvalue weighted by Gasteiger charge is 2.33. The van der Waals surface area contributed by atoms with Gasteiger partial charge in [-0.3, -0.25) is 9.59 Å². The molecule has 0 bridgehead atoms. The van der Waals surface area contributed by atoms with Crippen molar-refractivity contribution in [2.75, 3.05) is 37.6 Å². The van der Waals surface area contributed by atoms with Crippen LogP contribution >= 0.6 is 0 Å². The number of nitrogens with zero attached hydrogens (tertiary/aromatic N) is 4. The van der Waals surface area contributed by atoms with Gasteiger partial charge in [0.05, 0.1) is 11.5 Å². The third-order valence-electron chi connectivity index (χ3n) is 5.23. The predicted octanol–water partition coefficient (Wildman–Crippen LogP) is 0.942. The minimum absolute atomic E-state index is 0.0479. The van der Waals surface area contributed by atoms with Crippen LogP contribution in [0, 0.1) is 12.8 Å². The highest BCUT2D eigenvalue weighted by molar-refractivity contribution is 5.89. The second-order valence-electron chi connectivity index (χ2n) is 7.23. The standard InChI is InChI=1S/C20H23N5O3/c1-13-10-17(23-19(22-13)15-4-2-3-5-16(15)26)24-6-8-25(9-7-24)20(28)14-11-18(27)21-12-14/h2-5,10,14,26H,6-9,11-12H2,1H3,(H,21,27). The van der Waals surface area contributed by atoms with Crippen molar-refractivity contribution in [2.24, 2.45) is 5.92 Å². The molecule has 0 spiro atoms. The van der Waals surface area contributed by atoms with Gasteiger partial charge in [-0.25, -0.2) is 9.97 Å². The van der Waals surface area contributed by atoms with Crippen molar-refractivity contribution in [1.82, 2.24) is 20.2 Å². The van der Waals surface area contributed by atoms with Crippen molar-refractivity contribution in [3.63, 3.8) is 0 Å². The van der Waals surface area contributed by atoms with Gasteiger partial charge in [-0.2, -0.15) is 0 Å². The van der Waals surface area contributed by atoms with E-state index in [4.69, 9.17) is 0 Å². The second-order valence-corrected chi connectivity index (χ2v) is 7.23. The van der Waals surface area contributed by atoms with E-state index in [9.17, 15) is 14.7 Å². The largest absolute Gasteiger partial charge is 0.507 e. The lowest BCUT2D eigenvalue weighted by Crippen LogP contribution is -2.51. The maximum atomic E-state index is 12.6. The zero-order valence-corrected chi connectivity index (χ0v) is 15.8. The Morgan fingerprint density at radius 2 is 1.93 bits per heavy atom. The third kappa shape index (κ3) is 3.62. The lowest BCUT2D eigenvalue weighted by molar-refractivity contribution is -0.136. The molecule has 1 atom stereocenters. The van der Waals surface area contributed by atoms with E-state index in [0.717, 1.165) is 11.5 Å². The van der Waals surface area contributed by atoms with Crippen LogP contribution in [0.15, 0.2) is 30.3 Å². The molecule has 0 saturated carbocycles. The van der Waals surface area contributed by atoms with Crippen molar-refractivity contribution in [3.05, 3.63) is 36.0 Å². The average molecular weight is 381 g/mol. The van der Waals surface area contributed by atoms with Gasteiger partial charge in [0.25, 0.3) is 0 Å². The first kappa shape index (κ1) is 18.2. The molecule has 3 heterocycles. The Kier molecular flexibility index (Phi) is 4.85. The molecule has 2 saturated heterocycles. The number of benzene rings is 1. The van der Waals surface area contributed by atoms with Crippen molar-refractivity contribution in [3.8, 4) is 17.1 Å². The highest BCUT2D eigenvalue weighted by atomic mass is 16.3. The number of phenols is 1. The van der Waals surface area contributed by atoms with Gasteiger partial charge < -0.3 is 20.2 Å². The topological polar surface area (TPSA) is 98.7 Å². The number of aromatic hydroxyl groups is 1. The number of aryl methyl sites for hydroxylation is 1. The molecular formula is C20H23N5O3. The minimum atomic E-state index is -0.243. The van der Waals surface area contributed by atoms with E-state index in [1.165, 1.54) is 0 Å². The molecule has 2 N–H and O–H groups in total. The Morgan fingerprint density at radius 3 is 2.61 bits per heavy atom. The summed E-state index contributed by atoms with van der Waals surface area (Å²) in [6.45, 7) is 4.86. The summed E-state index contributed by atoms with van der Waals surface area (Å²) in [5.41, 5.74) is 1.41. The van der Waals surface area contributed by atoms with Crippen molar-refractivity contribution >= 4 is 17.6 Å². The Hall–Kier alpha value is -3.16. The van der Waals surface area contributed by atoms with Crippen LogP contribution in [-0.4, -0.2) is 64.5 Å². The molecule has 4 rings (SSSR count). The molecular weight excluding hydrogens is 358 g/mol. The zero-order chi connectivity index (χ0) is 19.7. The molecule has 0 aliphatic carbocycles. The van der Waals surface area contributed by atoms with Gasteiger partial charge in [-0.15, -0.1) is 0 Å². The maximum Gasteiger partial charge on any atom is 0.228 e. The number of carbonyl (C=O) groups excluding carboxylic acids is 2. The van der Waals surface area contributed by atoms with Gasteiger partial charge in [0.2, 0.25) is 11.8 Å². The van der Waals surface area contributed by atoms with Crippen LogP contribution in [0.5, 0.6) is 5.75 Å². The van der Waals surface area contributed by atoms with Gasteiger partial charge in [-0.1, -0.05) is 12.1 Å². The van der Waals surface area contributed by atoms with E-state index in [1.54, 1.807) is 18.2 Å². The number of anilines is 1. The molecule has 2 aliphatic heterocycles. The number of rotatable bonds is 3. The molecule has 2 fully saturated rings. The molecule has 2 aromatic rings. The lowest BCUT2D eigenvalue weighted by Gasteiger charge is -2.36. The average Bonchev–Trinajstić information content (AvgIpc) is 3.14.